The fraction of sp³-hybridized carbons (Fsp3) is 0.278. The Hall–Kier alpha value is -5.45. The van der Waals surface area contributed by atoms with Crippen molar-refractivity contribution in [1.82, 2.24) is 20.5 Å². The first-order valence-electron chi connectivity index (χ1n) is 15.4. The van der Waals surface area contributed by atoms with Gasteiger partial charge in [-0.15, -0.1) is 0 Å². The van der Waals surface area contributed by atoms with Gasteiger partial charge in [-0.2, -0.15) is 0 Å². The standard InChI is InChI=1S/C36H35FN4O6/c1-22-5-4-13-38-30(22)18-35(43)41-14-12-32-31(20-41)40-36(44)28-16-24(9-11-29(28)37)23-6-3-7-26(15-23)46-21-34(42)39-19-25-8-10-27(47-32)17-33(25)45-2/h3-11,13,15-17,31-32H,12,14,18-21H2,1-2H3,(H,39,42)(H,40,44)/t31-,32+/m1/s1. The van der Waals surface area contributed by atoms with Crippen molar-refractivity contribution >= 4 is 17.7 Å². The van der Waals surface area contributed by atoms with E-state index in [4.69, 9.17) is 14.2 Å². The summed E-state index contributed by atoms with van der Waals surface area (Å²) in [6.07, 6.45) is 1.64. The second kappa shape index (κ2) is 13.9. The molecule has 1 fully saturated rings. The molecule has 11 heteroatoms. The summed E-state index contributed by atoms with van der Waals surface area (Å²) in [5.41, 5.74) is 3.45. The Morgan fingerprint density at radius 3 is 2.72 bits per heavy atom. The summed E-state index contributed by atoms with van der Waals surface area (Å²) in [5, 5.41) is 5.81. The van der Waals surface area contributed by atoms with Crippen molar-refractivity contribution in [3.8, 4) is 28.4 Å². The van der Waals surface area contributed by atoms with Gasteiger partial charge in [0.25, 0.3) is 11.8 Å². The molecular weight excluding hydrogens is 603 g/mol. The zero-order valence-electron chi connectivity index (χ0n) is 26.1. The number of halogens is 1. The van der Waals surface area contributed by atoms with Gasteiger partial charge in [0.2, 0.25) is 5.91 Å². The van der Waals surface area contributed by atoms with Crippen LogP contribution in [0.25, 0.3) is 11.1 Å². The first-order chi connectivity index (χ1) is 22.8. The number of aryl methyl sites for hydroxylation is 1. The number of aromatic nitrogens is 1. The van der Waals surface area contributed by atoms with Crippen molar-refractivity contribution in [1.29, 1.82) is 0 Å². The van der Waals surface area contributed by atoms with E-state index in [0.717, 1.165) is 11.1 Å². The lowest BCUT2D eigenvalue weighted by atomic mass is 9.99. The first-order valence-corrected chi connectivity index (χ1v) is 15.4. The normalized spacial score (nSPS) is 18.1. The Balaban J connectivity index is 1.33. The van der Waals surface area contributed by atoms with Crippen LogP contribution < -0.4 is 24.8 Å². The third-order valence-corrected chi connectivity index (χ3v) is 8.43. The number of rotatable bonds is 3. The predicted octanol–water partition coefficient (Wildman–Crippen LogP) is 4.23. The van der Waals surface area contributed by atoms with Crippen LogP contribution in [0.5, 0.6) is 17.2 Å². The number of benzene rings is 3. The third kappa shape index (κ3) is 7.35. The van der Waals surface area contributed by atoms with Crippen LogP contribution in [-0.2, 0) is 22.6 Å². The SMILES string of the molecule is COc1cc2ccc1CNC(=O)COc1cccc(c1)-c1ccc(F)c(c1)C(=O)N[C@@H]1CN(C(=O)Cc3ncccc3C)CC[C@@H]1O2. The quantitative estimate of drug-likeness (QED) is 0.345. The average molecular weight is 639 g/mol. The van der Waals surface area contributed by atoms with Gasteiger partial charge in [-0.25, -0.2) is 4.39 Å². The molecule has 4 heterocycles. The van der Waals surface area contributed by atoms with Crippen LogP contribution >= 0.6 is 0 Å². The van der Waals surface area contributed by atoms with E-state index in [2.05, 4.69) is 15.6 Å². The van der Waals surface area contributed by atoms with Crippen LogP contribution in [-0.4, -0.2) is 66.6 Å². The molecule has 3 aliphatic rings. The first kappa shape index (κ1) is 31.5. The van der Waals surface area contributed by atoms with Gasteiger partial charge in [-0.1, -0.05) is 24.3 Å². The number of pyridine rings is 1. The number of ether oxygens (including phenoxy) is 3. The number of amides is 3. The van der Waals surface area contributed by atoms with E-state index in [-0.39, 0.29) is 43.5 Å². The maximum Gasteiger partial charge on any atom is 0.258 e. The molecule has 242 valence electrons. The van der Waals surface area contributed by atoms with Crippen molar-refractivity contribution in [2.75, 3.05) is 26.8 Å². The van der Waals surface area contributed by atoms with Crippen molar-refractivity contribution in [2.45, 2.75) is 38.5 Å². The number of hydrogen-bond acceptors (Lipinski definition) is 7. The number of carbonyl (C=O) groups excluding carboxylic acids is 3. The molecule has 1 aromatic heterocycles. The van der Waals surface area contributed by atoms with E-state index in [1.807, 2.05) is 19.1 Å². The molecule has 0 radical (unpaired) electrons. The predicted molar refractivity (Wildman–Crippen MR) is 172 cm³/mol. The van der Waals surface area contributed by atoms with Gasteiger partial charge in [0.05, 0.1) is 30.8 Å². The minimum absolute atomic E-state index is 0.119. The van der Waals surface area contributed by atoms with Crippen LogP contribution in [0.2, 0.25) is 0 Å². The van der Waals surface area contributed by atoms with Crippen molar-refractivity contribution in [3.05, 3.63) is 107 Å². The van der Waals surface area contributed by atoms with Crippen LogP contribution in [0.3, 0.4) is 0 Å². The Labute approximate surface area is 271 Å². The molecule has 3 aromatic carbocycles. The van der Waals surface area contributed by atoms with Crippen LogP contribution in [0.15, 0.2) is 79.0 Å². The van der Waals surface area contributed by atoms with E-state index >= 15 is 4.39 Å². The molecule has 0 aliphatic carbocycles. The number of hydrogen-bond donors (Lipinski definition) is 2. The van der Waals surface area contributed by atoms with Crippen molar-refractivity contribution in [2.24, 2.45) is 0 Å². The van der Waals surface area contributed by atoms with E-state index < -0.39 is 23.9 Å². The Bertz CT molecular complexity index is 1810. The van der Waals surface area contributed by atoms with Crippen molar-refractivity contribution < 1.29 is 33.0 Å². The highest BCUT2D eigenvalue weighted by molar-refractivity contribution is 5.96. The number of carbonyl (C=O) groups is 3. The van der Waals surface area contributed by atoms with Crippen LogP contribution in [0.1, 0.15) is 33.6 Å². The van der Waals surface area contributed by atoms with Gasteiger partial charge < -0.3 is 29.7 Å². The smallest absolute Gasteiger partial charge is 0.258 e. The summed E-state index contributed by atoms with van der Waals surface area (Å²) in [6.45, 7) is 2.45. The molecule has 4 aromatic rings. The number of likely N-dealkylation sites (tertiary alicyclic amines) is 1. The molecular formula is C36H35FN4O6. The Morgan fingerprint density at radius 1 is 1.04 bits per heavy atom. The maximum absolute atomic E-state index is 15.2. The van der Waals surface area contributed by atoms with E-state index in [1.165, 1.54) is 19.2 Å². The maximum atomic E-state index is 15.2. The average Bonchev–Trinajstić information content (AvgIpc) is 3.08. The van der Waals surface area contributed by atoms with Gasteiger partial charge in [-0.05, 0) is 66.1 Å². The zero-order valence-corrected chi connectivity index (χ0v) is 26.1. The molecule has 7 rings (SSSR count). The van der Waals surface area contributed by atoms with E-state index in [9.17, 15) is 14.4 Å². The minimum atomic E-state index is -0.690. The Morgan fingerprint density at radius 2 is 1.89 bits per heavy atom. The summed E-state index contributed by atoms with van der Waals surface area (Å²) in [6, 6.07) is 19.6. The highest BCUT2D eigenvalue weighted by Gasteiger charge is 2.35. The summed E-state index contributed by atoms with van der Waals surface area (Å²) < 4.78 is 32.9. The lowest BCUT2D eigenvalue weighted by Gasteiger charge is -2.39. The molecule has 0 unspecified atom stereocenters. The molecule has 0 spiro atoms. The molecule has 47 heavy (non-hydrogen) atoms. The van der Waals surface area contributed by atoms with Crippen molar-refractivity contribution in [3.63, 3.8) is 0 Å². The number of methoxy groups -OCH3 is 1. The monoisotopic (exact) mass is 638 g/mol. The molecule has 2 N–H and O–H groups in total. The summed E-state index contributed by atoms with van der Waals surface area (Å²) in [5.74, 6) is -0.353. The van der Waals surface area contributed by atoms with Gasteiger partial charge in [0.1, 0.15) is 29.2 Å². The number of fused-ring (bicyclic) bond motifs is 7. The highest BCUT2D eigenvalue weighted by atomic mass is 19.1. The largest absolute Gasteiger partial charge is 0.496 e. The molecule has 6 bridgehead atoms. The second-order valence-electron chi connectivity index (χ2n) is 11.6. The Kier molecular flexibility index (Phi) is 9.32. The summed E-state index contributed by atoms with van der Waals surface area (Å²) >= 11 is 0. The number of nitrogens with zero attached hydrogens (tertiary/aromatic N) is 2. The lowest BCUT2D eigenvalue weighted by molar-refractivity contribution is -0.133. The molecule has 0 saturated carbocycles. The number of nitrogens with one attached hydrogen (secondary N) is 2. The second-order valence-corrected chi connectivity index (χ2v) is 11.6. The van der Waals surface area contributed by atoms with E-state index in [0.29, 0.717) is 47.0 Å². The third-order valence-electron chi connectivity index (χ3n) is 8.43. The number of piperidine rings is 1. The summed E-state index contributed by atoms with van der Waals surface area (Å²) in [7, 11) is 1.53. The molecule has 2 atom stereocenters. The zero-order chi connectivity index (χ0) is 32.9. The van der Waals surface area contributed by atoms with E-state index in [1.54, 1.807) is 59.6 Å². The van der Waals surface area contributed by atoms with Crippen LogP contribution in [0.4, 0.5) is 4.39 Å². The molecule has 3 amide bonds. The summed E-state index contributed by atoms with van der Waals surface area (Å²) in [4.78, 5) is 45.8. The van der Waals surface area contributed by atoms with Gasteiger partial charge in [0.15, 0.2) is 6.61 Å². The van der Waals surface area contributed by atoms with Gasteiger partial charge in [0, 0.05) is 43.9 Å². The van der Waals surface area contributed by atoms with Gasteiger partial charge in [-0.3, -0.25) is 19.4 Å². The fourth-order valence-corrected chi connectivity index (χ4v) is 5.80. The van der Waals surface area contributed by atoms with Crippen LogP contribution in [0, 0.1) is 12.7 Å². The molecule has 1 saturated heterocycles. The lowest BCUT2D eigenvalue weighted by Crippen LogP contribution is -2.58. The highest BCUT2D eigenvalue weighted by Crippen LogP contribution is 2.29. The van der Waals surface area contributed by atoms with Gasteiger partial charge >= 0.3 is 0 Å². The fourth-order valence-electron chi connectivity index (χ4n) is 5.80. The molecule has 3 aliphatic heterocycles. The topological polar surface area (TPSA) is 119 Å². The minimum Gasteiger partial charge on any atom is -0.496 e. The molecule has 10 nitrogen and oxygen atoms in total.